The van der Waals surface area contributed by atoms with Gasteiger partial charge in [0.05, 0.1) is 11.6 Å². The maximum atomic E-state index is 8.75. The van der Waals surface area contributed by atoms with Gasteiger partial charge in [-0.1, -0.05) is 6.07 Å². The van der Waals surface area contributed by atoms with Crippen LogP contribution in [0.4, 0.5) is 5.69 Å². The van der Waals surface area contributed by atoms with E-state index in [1.54, 1.807) is 0 Å². The van der Waals surface area contributed by atoms with Gasteiger partial charge in [0.15, 0.2) is 0 Å². The second-order valence-electron chi connectivity index (χ2n) is 4.13. The molecule has 0 aliphatic heterocycles. The molecule has 1 N–H and O–H groups in total. The van der Waals surface area contributed by atoms with Crippen molar-refractivity contribution in [3.8, 4) is 6.07 Å². The second kappa shape index (κ2) is 6.86. The maximum absolute atomic E-state index is 8.75. The third-order valence-corrected chi connectivity index (χ3v) is 2.35. The number of nitrogens with one attached hydrogen (secondary N) is 1. The Kier molecular flexibility index (Phi) is 5.38. The zero-order chi connectivity index (χ0) is 11.8. The van der Waals surface area contributed by atoms with Crippen LogP contribution in [0.25, 0.3) is 0 Å². The molecule has 0 unspecified atom stereocenters. The highest BCUT2D eigenvalue weighted by atomic mass is 15.0. The van der Waals surface area contributed by atoms with Crippen LogP contribution in [0.3, 0.4) is 0 Å². The molecule has 0 fully saturated rings. The first kappa shape index (κ1) is 12.5. The van der Waals surface area contributed by atoms with E-state index in [4.69, 9.17) is 5.26 Å². The Hall–Kier alpha value is -1.53. The monoisotopic (exact) mass is 217 g/mol. The molecule has 0 bridgehead atoms. The number of nitrogens with zero attached hydrogens (tertiary/aromatic N) is 2. The van der Waals surface area contributed by atoms with Crippen LogP contribution in [0.1, 0.15) is 18.4 Å². The van der Waals surface area contributed by atoms with Crippen molar-refractivity contribution in [3.05, 3.63) is 29.8 Å². The lowest BCUT2D eigenvalue weighted by atomic mass is 10.2. The molecule has 0 saturated carbocycles. The number of nitriles is 1. The molecule has 0 heterocycles. The zero-order valence-corrected chi connectivity index (χ0v) is 10.0. The Balaban J connectivity index is 2.24. The van der Waals surface area contributed by atoms with Crippen LogP contribution in [0.15, 0.2) is 24.3 Å². The summed E-state index contributed by atoms with van der Waals surface area (Å²) in [5.74, 6) is 0. The van der Waals surface area contributed by atoms with Gasteiger partial charge in [-0.15, -0.1) is 0 Å². The Morgan fingerprint density at radius 3 is 2.81 bits per heavy atom. The molecule has 0 radical (unpaired) electrons. The first-order chi connectivity index (χ1) is 7.72. The lowest BCUT2D eigenvalue weighted by Gasteiger charge is -2.10. The minimum Gasteiger partial charge on any atom is -0.385 e. The molecule has 3 nitrogen and oxygen atoms in total. The van der Waals surface area contributed by atoms with E-state index in [1.807, 2.05) is 24.3 Å². The largest absolute Gasteiger partial charge is 0.385 e. The molecule has 1 aromatic carbocycles. The second-order valence-corrected chi connectivity index (χ2v) is 4.13. The summed E-state index contributed by atoms with van der Waals surface area (Å²) in [7, 11) is 4.17. The first-order valence-corrected chi connectivity index (χ1v) is 5.61. The standard InChI is InChI=1S/C13H19N3/c1-16(2)9-4-3-8-15-13-7-5-6-12(10-13)11-14/h5-7,10,15H,3-4,8-9H2,1-2H3. The highest BCUT2D eigenvalue weighted by Crippen LogP contribution is 2.09. The summed E-state index contributed by atoms with van der Waals surface area (Å²) < 4.78 is 0. The van der Waals surface area contributed by atoms with Gasteiger partial charge in [0.25, 0.3) is 0 Å². The molecule has 0 aliphatic rings. The maximum Gasteiger partial charge on any atom is 0.0992 e. The number of unbranched alkanes of at least 4 members (excludes halogenated alkanes) is 1. The molecule has 3 heteroatoms. The van der Waals surface area contributed by atoms with Gasteiger partial charge in [-0.25, -0.2) is 0 Å². The van der Waals surface area contributed by atoms with Crippen LogP contribution in [0, 0.1) is 11.3 Å². The van der Waals surface area contributed by atoms with E-state index in [1.165, 1.54) is 6.42 Å². The lowest BCUT2D eigenvalue weighted by molar-refractivity contribution is 0.396. The SMILES string of the molecule is CN(C)CCCCNc1cccc(C#N)c1. The summed E-state index contributed by atoms with van der Waals surface area (Å²) in [6.45, 7) is 2.09. The van der Waals surface area contributed by atoms with E-state index in [0.717, 1.165) is 25.2 Å². The Labute approximate surface area is 97.7 Å². The minimum atomic E-state index is 0.707. The van der Waals surface area contributed by atoms with Gasteiger partial charge in [0, 0.05) is 12.2 Å². The molecule has 1 aromatic rings. The summed E-state index contributed by atoms with van der Waals surface area (Å²) in [5, 5.41) is 12.1. The molecular formula is C13H19N3. The van der Waals surface area contributed by atoms with Crippen molar-refractivity contribution in [1.29, 1.82) is 5.26 Å². The normalized spacial score (nSPS) is 10.1. The van der Waals surface area contributed by atoms with Crippen LogP contribution in [-0.2, 0) is 0 Å². The van der Waals surface area contributed by atoms with Crippen molar-refractivity contribution < 1.29 is 0 Å². The number of hydrogen-bond donors (Lipinski definition) is 1. The van der Waals surface area contributed by atoms with E-state index < -0.39 is 0 Å². The third kappa shape index (κ3) is 4.81. The smallest absolute Gasteiger partial charge is 0.0992 e. The van der Waals surface area contributed by atoms with Crippen molar-refractivity contribution >= 4 is 5.69 Å². The molecule has 0 aliphatic carbocycles. The fourth-order valence-corrected chi connectivity index (χ4v) is 1.48. The van der Waals surface area contributed by atoms with Crippen molar-refractivity contribution in [2.75, 3.05) is 32.5 Å². The third-order valence-electron chi connectivity index (χ3n) is 2.35. The Morgan fingerprint density at radius 1 is 1.31 bits per heavy atom. The quantitative estimate of drug-likeness (QED) is 0.743. The minimum absolute atomic E-state index is 0.707. The Bertz CT molecular complexity index is 352. The van der Waals surface area contributed by atoms with Gasteiger partial charge in [-0.3, -0.25) is 0 Å². The van der Waals surface area contributed by atoms with E-state index in [2.05, 4.69) is 30.4 Å². The van der Waals surface area contributed by atoms with E-state index in [0.29, 0.717) is 5.56 Å². The van der Waals surface area contributed by atoms with Crippen molar-refractivity contribution in [2.24, 2.45) is 0 Å². The van der Waals surface area contributed by atoms with Gasteiger partial charge < -0.3 is 10.2 Å². The predicted octanol–water partition coefficient (Wildman–Crippen LogP) is 2.31. The summed E-state index contributed by atoms with van der Waals surface area (Å²) >= 11 is 0. The fourth-order valence-electron chi connectivity index (χ4n) is 1.48. The van der Waals surface area contributed by atoms with Gasteiger partial charge in [-0.05, 0) is 51.7 Å². The van der Waals surface area contributed by atoms with Gasteiger partial charge in [0.2, 0.25) is 0 Å². The topological polar surface area (TPSA) is 39.1 Å². The summed E-state index contributed by atoms with van der Waals surface area (Å²) in [5.41, 5.74) is 1.74. The van der Waals surface area contributed by atoms with Gasteiger partial charge in [0.1, 0.15) is 0 Å². The van der Waals surface area contributed by atoms with E-state index >= 15 is 0 Å². The number of benzene rings is 1. The lowest BCUT2D eigenvalue weighted by Crippen LogP contribution is -2.14. The van der Waals surface area contributed by atoms with Gasteiger partial charge >= 0.3 is 0 Å². The molecule has 1 rings (SSSR count). The van der Waals surface area contributed by atoms with Crippen molar-refractivity contribution in [2.45, 2.75) is 12.8 Å². The average Bonchev–Trinajstić information content (AvgIpc) is 2.28. The predicted molar refractivity (Wildman–Crippen MR) is 67.4 cm³/mol. The summed E-state index contributed by atoms with van der Waals surface area (Å²) in [4.78, 5) is 2.19. The molecule has 86 valence electrons. The average molecular weight is 217 g/mol. The number of anilines is 1. The molecule has 0 atom stereocenters. The van der Waals surface area contributed by atoms with Crippen LogP contribution < -0.4 is 5.32 Å². The molecule has 0 amide bonds. The fraction of sp³-hybridized carbons (Fsp3) is 0.462. The van der Waals surface area contributed by atoms with E-state index in [9.17, 15) is 0 Å². The number of rotatable bonds is 6. The Morgan fingerprint density at radius 2 is 2.12 bits per heavy atom. The summed E-state index contributed by atoms with van der Waals surface area (Å²) in [6, 6.07) is 9.73. The molecule has 0 saturated heterocycles. The molecule has 0 aromatic heterocycles. The van der Waals surface area contributed by atoms with Crippen molar-refractivity contribution in [1.82, 2.24) is 4.90 Å². The van der Waals surface area contributed by atoms with Crippen LogP contribution in [0.2, 0.25) is 0 Å². The zero-order valence-electron chi connectivity index (χ0n) is 10.0. The van der Waals surface area contributed by atoms with Gasteiger partial charge in [-0.2, -0.15) is 5.26 Å². The van der Waals surface area contributed by atoms with E-state index in [-0.39, 0.29) is 0 Å². The molecular weight excluding hydrogens is 198 g/mol. The molecule has 0 spiro atoms. The van der Waals surface area contributed by atoms with Crippen molar-refractivity contribution in [3.63, 3.8) is 0 Å². The molecule has 16 heavy (non-hydrogen) atoms. The van der Waals surface area contributed by atoms with Crippen LogP contribution in [-0.4, -0.2) is 32.1 Å². The van der Waals surface area contributed by atoms with Crippen LogP contribution >= 0.6 is 0 Å². The number of hydrogen-bond acceptors (Lipinski definition) is 3. The first-order valence-electron chi connectivity index (χ1n) is 5.61. The summed E-state index contributed by atoms with van der Waals surface area (Å²) in [6.07, 6.45) is 2.34. The van der Waals surface area contributed by atoms with Crippen LogP contribution in [0.5, 0.6) is 0 Å². The highest BCUT2D eigenvalue weighted by Gasteiger charge is 1.95. The highest BCUT2D eigenvalue weighted by molar-refractivity contribution is 5.48.